The van der Waals surface area contributed by atoms with E-state index in [9.17, 15) is 4.79 Å². The Hall–Kier alpha value is -1.15. The molecule has 0 bridgehead atoms. The number of anilines is 1. The second-order valence-corrected chi connectivity index (χ2v) is 6.94. The lowest BCUT2D eigenvalue weighted by Gasteiger charge is -2.10. The maximum atomic E-state index is 12.1. The summed E-state index contributed by atoms with van der Waals surface area (Å²) in [6.45, 7) is 3.95. The molecule has 1 N–H and O–H groups in total. The molecule has 0 radical (unpaired) electrons. The third-order valence-electron chi connectivity index (χ3n) is 3.29. The molecular weight excluding hydrogens is 409 g/mol. The van der Waals surface area contributed by atoms with E-state index in [0.29, 0.717) is 12.8 Å². The second-order valence-electron chi connectivity index (χ2n) is 4.92. The molecule has 0 aliphatic heterocycles. The Balaban J connectivity index is 1.99. The predicted molar refractivity (Wildman–Crippen MR) is 99.4 cm³/mol. The van der Waals surface area contributed by atoms with Crippen LogP contribution in [0.5, 0.6) is 0 Å². The molecule has 1 aromatic heterocycles. The first kappa shape index (κ1) is 17.2. The van der Waals surface area contributed by atoms with E-state index in [1.165, 1.54) is 11.8 Å². The average molecular weight is 427 g/mol. The number of hydrogen-bond donors (Lipinski definition) is 1. The first-order valence-corrected chi connectivity index (χ1v) is 9.23. The van der Waals surface area contributed by atoms with E-state index in [1.54, 1.807) is 0 Å². The molecule has 1 aromatic carbocycles. The van der Waals surface area contributed by atoms with Crippen molar-refractivity contribution in [2.24, 2.45) is 0 Å². The van der Waals surface area contributed by atoms with Crippen molar-refractivity contribution in [1.82, 2.24) is 9.97 Å². The number of carbonyl (C=O) groups excluding carboxylic acids is 1. The number of amides is 1. The minimum Gasteiger partial charge on any atom is -0.326 e. The number of thioether (sulfide) groups is 1. The summed E-state index contributed by atoms with van der Waals surface area (Å²) in [4.78, 5) is 21.0. The molecule has 4 nitrogen and oxygen atoms in total. The Bertz CT molecular complexity index is 668. The molecule has 2 rings (SSSR count). The van der Waals surface area contributed by atoms with E-state index < -0.39 is 0 Å². The summed E-state index contributed by atoms with van der Waals surface area (Å²) in [7, 11) is 0. The molecule has 1 heterocycles. The number of carbonyl (C=O) groups is 1. The summed E-state index contributed by atoms with van der Waals surface area (Å²) in [5, 5.41) is 3.71. The van der Waals surface area contributed by atoms with Gasteiger partial charge in [-0.3, -0.25) is 4.79 Å². The van der Waals surface area contributed by atoms with E-state index in [-0.39, 0.29) is 5.91 Å². The van der Waals surface area contributed by atoms with E-state index in [1.807, 2.05) is 44.4 Å². The topological polar surface area (TPSA) is 54.9 Å². The Morgan fingerprint density at radius 3 is 2.55 bits per heavy atom. The van der Waals surface area contributed by atoms with E-state index in [2.05, 4.69) is 37.9 Å². The normalized spacial score (nSPS) is 10.5. The molecule has 0 atom stereocenters. The highest BCUT2D eigenvalue weighted by Crippen LogP contribution is 2.18. The number of halogens is 1. The van der Waals surface area contributed by atoms with Crippen LogP contribution in [0.4, 0.5) is 5.69 Å². The standard InChI is InChI=1S/C16H18IN3OS/c1-10-14(11(2)19-16(18-10)22-3)7-8-15(21)20-13-6-4-5-12(17)9-13/h4-6,9H,7-8H2,1-3H3,(H,20,21). The fourth-order valence-corrected chi connectivity index (χ4v) is 3.19. The van der Waals surface area contributed by atoms with Crippen LogP contribution in [0.1, 0.15) is 23.4 Å². The number of aromatic nitrogens is 2. The summed E-state index contributed by atoms with van der Waals surface area (Å²) in [5.41, 5.74) is 3.81. The number of benzene rings is 1. The predicted octanol–water partition coefficient (Wildman–Crippen LogP) is 3.99. The minimum atomic E-state index is 0.00902. The molecule has 2 aromatic rings. The zero-order valence-electron chi connectivity index (χ0n) is 12.8. The molecule has 22 heavy (non-hydrogen) atoms. The fraction of sp³-hybridized carbons (Fsp3) is 0.312. The number of rotatable bonds is 5. The smallest absolute Gasteiger partial charge is 0.224 e. The van der Waals surface area contributed by atoms with Crippen LogP contribution in [0.25, 0.3) is 0 Å². The lowest BCUT2D eigenvalue weighted by molar-refractivity contribution is -0.116. The number of nitrogens with one attached hydrogen (secondary N) is 1. The Morgan fingerprint density at radius 1 is 1.27 bits per heavy atom. The Morgan fingerprint density at radius 2 is 1.95 bits per heavy atom. The Kier molecular flexibility index (Phi) is 6.19. The summed E-state index contributed by atoms with van der Waals surface area (Å²) >= 11 is 3.76. The molecule has 0 saturated heterocycles. The van der Waals surface area contributed by atoms with Crippen LogP contribution in [0.3, 0.4) is 0 Å². The number of nitrogens with zero attached hydrogens (tertiary/aromatic N) is 2. The third kappa shape index (κ3) is 4.67. The van der Waals surface area contributed by atoms with Gasteiger partial charge in [0.05, 0.1) is 0 Å². The average Bonchev–Trinajstić information content (AvgIpc) is 2.46. The summed E-state index contributed by atoms with van der Waals surface area (Å²) in [6.07, 6.45) is 3.04. The van der Waals surface area contributed by atoms with Gasteiger partial charge in [-0.15, -0.1) is 0 Å². The molecule has 0 aliphatic rings. The van der Waals surface area contributed by atoms with E-state index in [4.69, 9.17) is 0 Å². The van der Waals surface area contributed by atoms with Crippen molar-refractivity contribution in [3.05, 3.63) is 44.8 Å². The summed E-state index contributed by atoms with van der Waals surface area (Å²) < 4.78 is 1.10. The van der Waals surface area contributed by atoms with Gasteiger partial charge in [-0.2, -0.15) is 0 Å². The SMILES string of the molecule is CSc1nc(C)c(CCC(=O)Nc2cccc(I)c2)c(C)n1. The largest absolute Gasteiger partial charge is 0.326 e. The van der Waals surface area contributed by atoms with Crippen LogP contribution >= 0.6 is 34.4 Å². The zero-order chi connectivity index (χ0) is 16.1. The van der Waals surface area contributed by atoms with Crippen LogP contribution in [-0.4, -0.2) is 22.1 Å². The molecule has 116 valence electrons. The minimum absolute atomic E-state index is 0.00902. The molecule has 1 amide bonds. The number of hydrogen-bond acceptors (Lipinski definition) is 4. The molecular formula is C16H18IN3OS. The van der Waals surface area contributed by atoms with Crippen LogP contribution in [0.2, 0.25) is 0 Å². The van der Waals surface area contributed by atoms with Crippen LogP contribution in [0, 0.1) is 17.4 Å². The second kappa shape index (κ2) is 7.92. The Labute approximate surface area is 148 Å². The van der Waals surface area contributed by atoms with E-state index >= 15 is 0 Å². The van der Waals surface area contributed by atoms with Crippen molar-refractivity contribution in [1.29, 1.82) is 0 Å². The van der Waals surface area contributed by atoms with Crippen molar-refractivity contribution in [2.75, 3.05) is 11.6 Å². The third-order valence-corrected chi connectivity index (χ3v) is 4.51. The van der Waals surface area contributed by atoms with Crippen molar-refractivity contribution >= 4 is 45.9 Å². The van der Waals surface area contributed by atoms with Gasteiger partial charge in [-0.1, -0.05) is 17.8 Å². The number of aryl methyl sites for hydroxylation is 2. The zero-order valence-corrected chi connectivity index (χ0v) is 15.8. The monoisotopic (exact) mass is 427 g/mol. The van der Waals surface area contributed by atoms with E-state index in [0.717, 1.165) is 31.4 Å². The van der Waals surface area contributed by atoms with Crippen molar-refractivity contribution in [3.8, 4) is 0 Å². The van der Waals surface area contributed by atoms with Gasteiger partial charge < -0.3 is 5.32 Å². The van der Waals surface area contributed by atoms with Crippen molar-refractivity contribution in [3.63, 3.8) is 0 Å². The molecule has 0 aliphatic carbocycles. The summed E-state index contributed by atoms with van der Waals surface area (Å²) in [5.74, 6) is 0.00902. The first-order chi connectivity index (χ1) is 10.5. The van der Waals surface area contributed by atoms with Crippen LogP contribution < -0.4 is 5.32 Å². The molecule has 6 heteroatoms. The lowest BCUT2D eigenvalue weighted by Crippen LogP contribution is -2.13. The molecule has 0 saturated carbocycles. The quantitative estimate of drug-likeness (QED) is 0.446. The van der Waals surface area contributed by atoms with Gasteiger partial charge in [-0.05, 0) is 72.9 Å². The molecule has 0 spiro atoms. The van der Waals surface area contributed by atoms with Gasteiger partial charge in [0.25, 0.3) is 0 Å². The molecule has 0 fully saturated rings. The van der Waals surface area contributed by atoms with Gasteiger partial charge in [0.1, 0.15) is 0 Å². The van der Waals surface area contributed by atoms with Crippen LogP contribution in [0.15, 0.2) is 29.4 Å². The highest BCUT2D eigenvalue weighted by Gasteiger charge is 2.10. The summed E-state index contributed by atoms with van der Waals surface area (Å²) in [6, 6.07) is 7.77. The lowest BCUT2D eigenvalue weighted by atomic mass is 10.1. The maximum absolute atomic E-state index is 12.1. The maximum Gasteiger partial charge on any atom is 0.224 e. The molecule has 0 unspecified atom stereocenters. The fourth-order valence-electron chi connectivity index (χ4n) is 2.19. The van der Waals surface area contributed by atoms with Crippen molar-refractivity contribution in [2.45, 2.75) is 31.8 Å². The van der Waals surface area contributed by atoms with Gasteiger partial charge in [0.15, 0.2) is 5.16 Å². The highest BCUT2D eigenvalue weighted by molar-refractivity contribution is 14.1. The highest BCUT2D eigenvalue weighted by atomic mass is 127. The van der Waals surface area contributed by atoms with Gasteiger partial charge in [0, 0.05) is 27.1 Å². The van der Waals surface area contributed by atoms with Gasteiger partial charge in [-0.25, -0.2) is 9.97 Å². The van der Waals surface area contributed by atoms with Gasteiger partial charge in [0.2, 0.25) is 5.91 Å². The first-order valence-electron chi connectivity index (χ1n) is 6.93. The van der Waals surface area contributed by atoms with Crippen LogP contribution in [-0.2, 0) is 11.2 Å². The van der Waals surface area contributed by atoms with Gasteiger partial charge >= 0.3 is 0 Å². The van der Waals surface area contributed by atoms with Crippen molar-refractivity contribution < 1.29 is 4.79 Å².